The van der Waals surface area contributed by atoms with E-state index in [-0.39, 0.29) is 40.9 Å². The number of benzene rings is 1. The van der Waals surface area contributed by atoms with Crippen molar-refractivity contribution in [3.63, 3.8) is 0 Å². The van der Waals surface area contributed by atoms with Crippen LogP contribution in [-0.4, -0.2) is 33.4 Å². The standard InChI is InChI=1S/C11H11N3O5/c1-18-8-3-7(15)5(2-6(8)11(16)17)10-13-9(4-12)19-14-10/h2-3,15H,4,12H2,1H3,(H,16,17). The Morgan fingerprint density at radius 3 is 2.79 bits per heavy atom. The maximum Gasteiger partial charge on any atom is 0.339 e. The summed E-state index contributed by atoms with van der Waals surface area (Å²) in [6.07, 6.45) is 0. The Morgan fingerprint density at radius 2 is 2.26 bits per heavy atom. The van der Waals surface area contributed by atoms with Crippen molar-refractivity contribution in [2.24, 2.45) is 5.73 Å². The smallest absolute Gasteiger partial charge is 0.339 e. The first-order valence-corrected chi connectivity index (χ1v) is 5.24. The van der Waals surface area contributed by atoms with Crippen LogP contribution in [0.1, 0.15) is 16.2 Å². The van der Waals surface area contributed by atoms with Crippen LogP contribution in [0.3, 0.4) is 0 Å². The molecule has 0 unspecified atom stereocenters. The fourth-order valence-corrected chi connectivity index (χ4v) is 1.53. The molecule has 0 aliphatic heterocycles. The number of hydrogen-bond acceptors (Lipinski definition) is 7. The van der Waals surface area contributed by atoms with Gasteiger partial charge in [-0.1, -0.05) is 5.16 Å². The third-order valence-corrected chi connectivity index (χ3v) is 2.43. The monoisotopic (exact) mass is 265 g/mol. The van der Waals surface area contributed by atoms with Crippen molar-refractivity contribution in [2.45, 2.75) is 6.54 Å². The van der Waals surface area contributed by atoms with E-state index in [1.807, 2.05) is 0 Å². The fraction of sp³-hybridized carbons (Fsp3) is 0.182. The highest BCUT2D eigenvalue weighted by molar-refractivity contribution is 5.93. The van der Waals surface area contributed by atoms with Gasteiger partial charge >= 0.3 is 5.97 Å². The number of phenolic OH excluding ortho intramolecular Hbond substituents is 1. The third-order valence-electron chi connectivity index (χ3n) is 2.43. The highest BCUT2D eigenvalue weighted by Gasteiger charge is 2.19. The highest BCUT2D eigenvalue weighted by atomic mass is 16.5. The minimum atomic E-state index is -1.19. The number of rotatable bonds is 4. The highest BCUT2D eigenvalue weighted by Crippen LogP contribution is 2.33. The zero-order chi connectivity index (χ0) is 14.0. The van der Waals surface area contributed by atoms with E-state index in [1.165, 1.54) is 19.2 Å². The molecule has 0 atom stereocenters. The number of carbonyl (C=O) groups is 1. The predicted molar refractivity (Wildman–Crippen MR) is 62.8 cm³/mol. The SMILES string of the molecule is COc1cc(O)c(-c2noc(CN)n2)cc1C(=O)O. The van der Waals surface area contributed by atoms with Crippen LogP contribution in [0.4, 0.5) is 0 Å². The van der Waals surface area contributed by atoms with Crippen LogP contribution < -0.4 is 10.5 Å². The van der Waals surface area contributed by atoms with Crippen LogP contribution in [0, 0.1) is 0 Å². The van der Waals surface area contributed by atoms with Gasteiger partial charge in [0.2, 0.25) is 11.7 Å². The van der Waals surface area contributed by atoms with Crippen molar-refractivity contribution in [1.82, 2.24) is 10.1 Å². The van der Waals surface area contributed by atoms with Gasteiger partial charge in [-0.2, -0.15) is 4.98 Å². The fourth-order valence-electron chi connectivity index (χ4n) is 1.53. The van der Waals surface area contributed by atoms with E-state index >= 15 is 0 Å². The average Bonchev–Trinajstić information content (AvgIpc) is 2.86. The van der Waals surface area contributed by atoms with Crippen molar-refractivity contribution < 1.29 is 24.3 Å². The molecule has 1 aromatic heterocycles. The summed E-state index contributed by atoms with van der Waals surface area (Å²) >= 11 is 0. The first kappa shape index (κ1) is 12.8. The van der Waals surface area contributed by atoms with Gasteiger partial charge in [0, 0.05) is 6.07 Å². The zero-order valence-corrected chi connectivity index (χ0v) is 9.95. The van der Waals surface area contributed by atoms with Gasteiger partial charge in [-0.3, -0.25) is 0 Å². The Bertz CT molecular complexity index is 623. The van der Waals surface area contributed by atoms with Gasteiger partial charge in [0.15, 0.2) is 0 Å². The van der Waals surface area contributed by atoms with Crippen molar-refractivity contribution in [2.75, 3.05) is 7.11 Å². The van der Waals surface area contributed by atoms with Gasteiger partial charge in [-0.25, -0.2) is 4.79 Å². The van der Waals surface area contributed by atoms with E-state index in [4.69, 9.17) is 20.1 Å². The molecule has 8 nitrogen and oxygen atoms in total. The van der Waals surface area contributed by atoms with Gasteiger partial charge in [-0.05, 0) is 6.07 Å². The van der Waals surface area contributed by atoms with Crippen molar-refractivity contribution in [1.29, 1.82) is 0 Å². The molecule has 0 aliphatic rings. The second-order valence-electron chi connectivity index (χ2n) is 3.59. The molecule has 2 rings (SSSR count). The van der Waals surface area contributed by atoms with Crippen molar-refractivity contribution in [3.05, 3.63) is 23.6 Å². The number of aromatic nitrogens is 2. The van der Waals surface area contributed by atoms with E-state index < -0.39 is 5.97 Å². The second-order valence-corrected chi connectivity index (χ2v) is 3.59. The van der Waals surface area contributed by atoms with Crippen LogP contribution >= 0.6 is 0 Å². The summed E-state index contributed by atoms with van der Waals surface area (Å²) in [7, 11) is 1.31. The zero-order valence-electron chi connectivity index (χ0n) is 9.95. The van der Waals surface area contributed by atoms with E-state index in [0.29, 0.717) is 0 Å². The van der Waals surface area contributed by atoms with Crippen molar-refractivity contribution >= 4 is 5.97 Å². The topological polar surface area (TPSA) is 132 Å². The number of carboxylic acids is 1. The number of nitrogens with two attached hydrogens (primary N) is 1. The normalized spacial score (nSPS) is 10.4. The number of phenols is 1. The molecule has 0 spiro atoms. The van der Waals surface area contributed by atoms with Crippen LogP contribution in [0.5, 0.6) is 11.5 Å². The predicted octanol–water partition coefficient (Wildman–Crippen LogP) is 0.608. The summed E-state index contributed by atoms with van der Waals surface area (Å²) in [5, 5.41) is 22.5. The Morgan fingerprint density at radius 1 is 1.53 bits per heavy atom. The minimum Gasteiger partial charge on any atom is -0.507 e. The molecular formula is C11H11N3O5. The number of aromatic hydroxyl groups is 1. The summed E-state index contributed by atoms with van der Waals surface area (Å²) in [6, 6.07) is 2.39. The van der Waals surface area contributed by atoms with Gasteiger partial charge in [0.1, 0.15) is 17.1 Å². The number of ether oxygens (including phenoxy) is 1. The minimum absolute atomic E-state index is 0.0382. The molecule has 0 saturated heterocycles. The molecule has 0 radical (unpaired) electrons. The lowest BCUT2D eigenvalue weighted by molar-refractivity contribution is 0.0693. The number of aromatic carboxylic acids is 1. The molecule has 2 aromatic rings. The second kappa shape index (κ2) is 4.94. The molecule has 0 saturated carbocycles. The molecule has 100 valence electrons. The molecule has 0 aliphatic carbocycles. The average molecular weight is 265 g/mol. The summed E-state index contributed by atoms with van der Waals surface area (Å²) in [6.45, 7) is 0.0513. The molecular weight excluding hydrogens is 254 g/mol. The molecule has 4 N–H and O–H groups in total. The maximum absolute atomic E-state index is 11.1. The first-order chi connectivity index (χ1) is 9.06. The Kier molecular flexibility index (Phi) is 3.34. The van der Waals surface area contributed by atoms with E-state index in [2.05, 4.69) is 10.1 Å². The molecule has 1 heterocycles. The first-order valence-electron chi connectivity index (χ1n) is 5.24. The number of nitrogens with zero attached hydrogens (tertiary/aromatic N) is 2. The van der Waals surface area contributed by atoms with Crippen molar-refractivity contribution in [3.8, 4) is 22.9 Å². The summed E-state index contributed by atoms with van der Waals surface area (Å²) in [5.74, 6) is -1.13. The summed E-state index contributed by atoms with van der Waals surface area (Å²) in [5.41, 5.74) is 5.34. The quantitative estimate of drug-likeness (QED) is 0.732. The van der Waals surface area contributed by atoms with Crippen LogP contribution in [0.2, 0.25) is 0 Å². The van der Waals surface area contributed by atoms with Gasteiger partial charge in [0.05, 0.1) is 19.2 Å². The Balaban J connectivity index is 2.57. The molecule has 8 heteroatoms. The van der Waals surface area contributed by atoms with Crippen LogP contribution in [0.25, 0.3) is 11.4 Å². The largest absolute Gasteiger partial charge is 0.507 e. The van der Waals surface area contributed by atoms with Gasteiger partial charge in [-0.15, -0.1) is 0 Å². The van der Waals surface area contributed by atoms with E-state index in [9.17, 15) is 9.90 Å². The van der Waals surface area contributed by atoms with E-state index in [1.54, 1.807) is 0 Å². The molecule has 0 bridgehead atoms. The summed E-state index contributed by atoms with van der Waals surface area (Å²) < 4.78 is 9.68. The van der Waals surface area contributed by atoms with Gasteiger partial charge in [0.25, 0.3) is 0 Å². The van der Waals surface area contributed by atoms with Crippen LogP contribution in [0.15, 0.2) is 16.7 Å². The Hall–Kier alpha value is -2.61. The number of methoxy groups -OCH3 is 1. The summed E-state index contributed by atoms with van der Waals surface area (Å²) in [4.78, 5) is 15.0. The molecule has 0 amide bonds. The lowest BCUT2D eigenvalue weighted by Crippen LogP contribution is -2.01. The van der Waals surface area contributed by atoms with Crippen LogP contribution in [-0.2, 0) is 6.54 Å². The van der Waals surface area contributed by atoms with E-state index in [0.717, 1.165) is 0 Å². The number of carboxylic acid groups (broad SMARTS) is 1. The maximum atomic E-state index is 11.1. The lowest BCUT2D eigenvalue weighted by Gasteiger charge is -2.07. The molecule has 1 aromatic carbocycles. The molecule has 0 fully saturated rings. The molecule has 19 heavy (non-hydrogen) atoms. The third kappa shape index (κ3) is 2.33. The lowest BCUT2D eigenvalue weighted by atomic mass is 10.1. The van der Waals surface area contributed by atoms with Gasteiger partial charge < -0.3 is 25.2 Å². The Labute approximate surface area is 107 Å². The number of hydrogen-bond donors (Lipinski definition) is 3.